The van der Waals surface area contributed by atoms with Gasteiger partial charge in [-0.15, -0.1) is 0 Å². The van der Waals surface area contributed by atoms with Crippen molar-refractivity contribution < 1.29 is 12.6 Å². The quantitative estimate of drug-likeness (QED) is 0.329. The molecule has 0 bridgehead atoms. The van der Waals surface area contributed by atoms with Gasteiger partial charge in [0.05, 0.1) is 0 Å². The molecule has 0 spiro atoms. The molecule has 0 heterocycles. The summed E-state index contributed by atoms with van der Waals surface area (Å²) >= 11 is -5.59. The van der Waals surface area contributed by atoms with Crippen LogP contribution < -0.4 is 0 Å². The van der Waals surface area contributed by atoms with Crippen LogP contribution in [0.4, 0.5) is 0 Å². The normalized spacial score (nSPS) is 29.5. The molecular weight excluding hydrogens is 503 g/mol. The summed E-state index contributed by atoms with van der Waals surface area (Å²) in [5, 5.41) is 0. The molecule has 0 nitrogen and oxygen atoms in total. The van der Waals surface area contributed by atoms with E-state index in [0.717, 1.165) is 6.42 Å². The molecule has 2 aliphatic carbocycles. The number of allylic oxidation sites excluding steroid dienone is 5. The van der Waals surface area contributed by atoms with Crippen molar-refractivity contribution in [1.82, 2.24) is 0 Å². The molecule has 1 aromatic rings. The Kier molecular flexibility index (Phi) is 2.84. The predicted octanol–water partition coefficient (Wildman–Crippen LogP) is 9.66. The van der Waals surface area contributed by atoms with E-state index in [1.165, 1.54) is 16.7 Å². The summed E-state index contributed by atoms with van der Waals surface area (Å²) in [7, 11) is 0. The zero-order valence-corrected chi connectivity index (χ0v) is 24.1. The molecule has 1 heteroatoms. The van der Waals surface area contributed by atoms with Crippen molar-refractivity contribution in [3.05, 3.63) is 64.8 Å². The van der Waals surface area contributed by atoms with Crippen molar-refractivity contribution in [2.75, 3.05) is 0 Å². The summed E-state index contributed by atoms with van der Waals surface area (Å²) in [5.74, 6) is 0.602. The Morgan fingerprint density at radius 2 is 1.36 bits per heavy atom. The summed E-state index contributed by atoms with van der Waals surface area (Å²) < 4.78 is 19.4. The van der Waals surface area contributed by atoms with Crippen LogP contribution in [0.15, 0.2) is 42.5 Å². The molecule has 157 valence electrons. The van der Waals surface area contributed by atoms with Gasteiger partial charge in [-0.1, -0.05) is 0 Å². The van der Waals surface area contributed by atoms with Gasteiger partial charge in [-0.2, -0.15) is 0 Å². The monoisotopic (exact) mass is 549 g/mol. The molecule has 0 saturated heterocycles. The molecule has 0 saturated carbocycles. The Balaban J connectivity index is 2.66. The van der Waals surface area contributed by atoms with Gasteiger partial charge >= 0.3 is 163 Å². The molecule has 3 rings (SSSR count). The fourth-order valence-electron chi connectivity index (χ4n) is 7.10. The van der Waals surface area contributed by atoms with Gasteiger partial charge in [0.25, 0.3) is 0 Å². The molecule has 0 fully saturated rings. The average Bonchev–Trinajstić information content (AvgIpc) is 3.08. The van der Waals surface area contributed by atoms with Gasteiger partial charge in [0.2, 0.25) is 0 Å². The molecular formula is C27H45Hf. The number of hydrogen-bond acceptors (Lipinski definition) is 0. The van der Waals surface area contributed by atoms with Gasteiger partial charge in [-0.3, -0.25) is 0 Å². The van der Waals surface area contributed by atoms with E-state index in [2.05, 4.69) is 109 Å². The van der Waals surface area contributed by atoms with Crippen molar-refractivity contribution in [2.24, 2.45) is 5.92 Å². The summed E-state index contributed by atoms with van der Waals surface area (Å²) in [6.07, 6.45) is 15.8. The van der Waals surface area contributed by atoms with Crippen LogP contribution in [-0.2, 0) is 15.8 Å². The maximum atomic E-state index is 2.73. The second kappa shape index (κ2) is 3.61. The summed E-state index contributed by atoms with van der Waals surface area (Å²) in [6.45, 7) is 9.31. The van der Waals surface area contributed by atoms with E-state index in [9.17, 15) is 0 Å². The Bertz CT molecular complexity index is 1030. The second-order valence-corrected chi connectivity index (χ2v) is 130. The average molecular weight is 548 g/mol. The van der Waals surface area contributed by atoms with Crippen LogP contribution in [0.1, 0.15) is 42.5 Å². The van der Waals surface area contributed by atoms with E-state index in [1.807, 2.05) is 0 Å². The Labute approximate surface area is 162 Å². The van der Waals surface area contributed by atoms with Gasteiger partial charge in [-0.05, 0) is 0 Å². The first-order valence-corrected chi connectivity index (χ1v) is 40.5. The molecule has 0 radical (unpaired) electrons. The Morgan fingerprint density at radius 1 is 0.857 bits per heavy atom. The van der Waals surface area contributed by atoms with Gasteiger partial charge in [-0.25, -0.2) is 0 Å². The Hall–Kier alpha value is -0.690. The Morgan fingerprint density at radius 3 is 1.86 bits per heavy atom. The molecule has 1 atom stereocenters. The first-order chi connectivity index (χ1) is 11.9. The van der Waals surface area contributed by atoms with E-state index < -0.39 is 12.6 Å². The first kappa shape index (κ1) is 22.0. The van der Waals surface area contributed by atoms with Crippen LogP contribution in [0.3, 0.4) is 0 Å². The number of aryl methyl sites for hydroxylation is 2. The molecule has 1 aromatic carbocycles. The van der Waals surface area contributed by atoms with Crippen molar-refractivity contribution in [2.45, 2.75) is 73.7 Å². The molecule has 28 heavy (non-hydrogen) atoms. The second-order valence-electron chi connectivity index (χ2n) is 21.1. The van der Waals surface area contributed by atoms with Crippen molar-refractivity contribution >= 4 is 6.08 Å². The minimum absolute atomic E-state index is 0.0345. The molecule has 2 aliphatic rings. The number of fused-ring (bicyclic) bond motifs is 1. The molecule has 0 aliphatic heterocycles. The third-order valence-corrected chi connectivity index (χ3v) is 56.0. The number of hydrogen-bond donors (Lipinski definition) is 0. The van der Waals surface area contributed by atoms with Gasteiger partial charge < -0.3 is 0 Å². The number of rotatable bonds is 4. The van der Waals surface area contributed by atoms with E-state index in [1.54, 1.807) is 5.56 Å². The van der Waals surface area contributed by atoms with Crippen LogP contribution in [0, 0.1) is 19.8 Å². The van der Waals surface area contributed by atoms with E-state index in [0.29, 0.717) is 9.59 Å². The standard InChI is InChI=1S/C15H19.C5H5.7CH3.Hf/c1-10(2)7-13-5-6-14-8-11(3)12(4)9-15(13)14;1-2-4-5-3-1;;;;;;;;/h5-6,8-10H,7H2,1-4H3;1-5H;7*1H3;. The van der Waals surface area contributed by atoms with E-state index in [4.69, 9.17) is 0 Å². The van der Waals surface area contributed by atoms with Crippen LogP contribution in [0.25, 0.3) is 6.08 Å². The van der Waals surface area contributed by atoms with E-state index >= 15 is 0 Å². The number of benzene rings is 1. The maximum absolute atomic E-state index is 5.59. The first-order valence-electron chi connectivity index (χ1n) is 11.4. The SMILES string of the molecule is Cc1cc2c(cc1C)[C](CC(C)C)([Hf]([CH3])([CH3])([CH3])([CH3])([CH3])([CH3])([CH3])[CH]1C=CC=C1)C=C2. The summed E-state index contributed by atoms with van der Waals surface area (Å²) in [5.41, 5.74) is 5.78. The van der Waals surface area contributed by atoms with Gasteiger partial charge in [0.15, 0.2) is 0 Å². The van der Waals surface area contributed by atoms with Crippen LogP contribution in [0.5, 0.6) is 0 Å². The third kappa shape index (κ3) is 2.38. The molecule has 1 unspecified atom stereocenters. The predicted molar refractivity (Wildman–Crippen MR) is 129 cm³/mol. The zero-order chi connectivity index (χ0) is 21.7. The summed E-state index contributed by atoms with van der Waals surface area (Å²) in [4.78, 5) is 0. The van der Waals surface area contributed by atoms with Crippen molar-refractivity contribution in [3.63, 3.8) is 0 Å². The van der Waals surface area contributed by atoms with Crippen LogP contribution in [0.2, 0.25) is 36.4 Å². The third-order valence-electron chi connectivity index (χ3n) is 10.1. The van der Waals surface area contributed by atoms with Gasteiger partial charge in [0, 0.05) is 0 Å². The summed E-state index contributed by atoms with van der Waals surface area (Å²) in [6, 6.07) is 4.94. The fourth-order valence-corrected chi connectivity index (χ4v) is 40.4. The van der Waals surface area contributed by atoms with Crippen molar-refractivity contribution in [1.29, 1.82) is 0 Å². The zero-order valence-electron chi connectivity index (χ0n) is 20.5. The molecule has 0 aromatic heterocycles. The van der Waals surface area contributed by atoms with Gasteiger partial charge in [0.1, 0.15) is 0 Å². The topological polar surface area (TPSA) is 0 Å². The van der Waals surface area contributed by atoms with Crippen LogP contribution >= 0.6 is 0 Å². The minimum atomic E-state index is -5.59. The van der Waals surface area contributed by atoms with Crippen molar-refractivity contribution in [3.8, 4) is 0 Å². The molecule has 0 N–H and O–H groups in total. The fraction of sp³-hybridized carbons (Fsp3) is 0.556. The van der Waals surface area contributed by atoms with Crippen LogP contribution in [-0.4, -0.2) is 0 Å². The molecule has 0 amide bonds. The van der Waals surface area contributed by atoms with E-state index in [-0.39, 0.29) is 3.17 Å².